The Hall–Kier alpha value is -0.580. The Bertz CT molecular complexity index is 560. The van der Waals surface area contributed by atoms with Crippen LogP contribution in [-0.4, -0.2) is 29.7 Å². The number of esters is 1. The molecular weight excluding hydrogens is 392 g/mol. The number of rotatable bonds is 14. The van der Waals surface area contributed by atoms with Crippen molar-refractivity contribution < 1.29 is 14.6 Å². The van der Waals surface area contributed by atoms with Crippen molar-refractivity contribution in [3.63, 3.8) is 0 Å². The molecule has 1 aliphatic carbocycles. The van der Waals surface area contributed by atoms with Crippen molar-refractivity contribution in [2.75, 3.05) is 13.2 Å². The van der Waals surface area contributed by atoms with Crippen LogP contribution in [0.15, 0.2) is 12.1 Å². The zero-order chi connectivity index (χ0) is 20.2. The number of hydrogen-bond acceptors (Lipinski definition) is 4. The van der Waals surface area contributed by atoms with Gasteiger partial charge in [-0.05, 0) is 56.1 Å². The number of aryl methyl sites for hydroxylation is 1. The molecule has 0 bridgehead atoms. The van der Waals surface area contributed by atoms with Crippen LogP contribution in [-0.2, 0) is 11.2 Å². The minimum absolute atomic E-state index is 0.0604. The number of carbonyl (C=O) groups excluding carboxylic acids is 1. The van der Waals surface area contributed by atoms with Gasteiger partial charge in [0.1, 0.15) is 11.5 Å². The van der Waals surface area contributed by atoms with E-state index >= 15 is 0 Å². The van der Waals surface area contributed by atoms with E-state index in [1.807, 2.05) is 12.1 Å². The van der Waals surface area contributed by atoms with Gasteiger partial charge in [0.2, 0.25) is 0 Å². The van der Waals surface area contributed by atoms with E-state index < -0.39 is 0 Å². The molecule has 1 aromatic rings. The van der Waals surface area contributed by atoms with Crippen LogP contribution in [0.1, 0.15) is 92.1 Å². The Morgan fingerprint density at radius 1 is 1.14 bits per heavy atom. The molecule has 160 valence electrons. The van der Waals surface area contributed by atoms with Gasteiger partial charge in [-0.2, -0.15) is 0 Å². The second-order valence-electron chi connectivity index (χ2n) is 8.09. The second-order valence-corrected chi connectivity index (χ2v) is 9.82. The first-order valence-corrected chi connectivity index (χ1v) is 12.4. The highest BCUT2D eigenvalue weighted by molar-refractivity contribution is 7.13. The number of hydrogen-bond donors (Lipinski definition) is 1. The van der Waals surface area contributed by atoms with Crippen LogP contribution in [0.3, 0.4) is 0 Å². The summed E-state index contributed by atoms with van der Waals surface area (Å²) < 4.78 is 4.98. The molecule has 0 unspecified atom stereocenters. The maximum absolute atomic E-state index is 11.8. The lowest BCUT2D eigenvalue weighted by molar-refractivity contribution is 0.0439. The predicted molar refractivity (Wildman–Crippen MR) is 118 cm³/mol. The molecule has 0 spiro atoms. The second kappa shape index (κ2) is 13.6. The van der Waals surface area contributed by atoms with Crippen molar-refractivity contribution in [2.24, 2.45) is 11.8 Å². The molecule has 3 nitrogen and oxygen atoms in total. The van der Waals surface area contributed by atoms with Crippen LogP contribution < -0.4 is 0 Å². The van der Waals surface area contributed by atoms with Crippen LogP contribution >= 0.6 is 22.9 Å². The summed E-state index contributed by atoms with van der Waals surface area (Å²) in [5.41, 5.74) is 0. The molecule has 1 N–H and O–H groups in total. The lowest BCUT2D eigenvalue weighted by Crippen LogP contribution is -2.15. The van der Waals surface area contributed by atoms with Gasteiger partial charge in [-0.1, -0.05) is 51.9 Å². The summed E-state index contributed by atoms with van der Waals surface area (Å²) in [6.07, 6.45) is 15.3. The molecule has 0 radical (unpaired) electrons. The van der Waals surface area contributed by atoms with Gasteiger partial charge in [-0.3, -0.25) is 0 Å². The maximum Gasteiger partial charge on any atom is 0.348 e. The minimum Gasteiger partial charge on any atom is -0.459 e. The largest absolute Gasteiger partial charge is 0.459 e. The van der Waals surface area contributed by atoms with E-state index in [-0.39, 0.29) is 19.2 Å². The first kappa shape index (κ1) is 23.7. The highest BCUT2D eigenvalue weighted by Crippen LogP contribution is 2.41. The zero-order valence-corrected chi connectivity index (χ0v) is 18.9. The summed E-state index contributed by atoms with van der Waals surface area (Å²) in [4.78, 5) is 13.7. The highest BCUT2D eigenvalue weighted by atomic mass is 35.5. The van der Waals surface area contributed by atoms with E-state index in [0.717, 1.165) is 18.8 Å². The van der Waals surface area contributed by atoms with E-state index in [9.17, 15) is 4.79 Å². The Kier molecular flexibility index (Phi) is 11.5. The van der Waals surface area contributed by atoms with Crippen molar-refractivity contribution in [3.8, 4) is 0 Å². The standard InChI is InChI=1S/C23H37ClO3S/c1-2-3-4-5-6-7-9-18-12-14-21(24)20(18)11-8-10-19-13-15-22(28-19)23(26)27-17-16-25/h13,15,18,20-21,25H,2-12,14,16-17H2,1H3/t18-,20+,21+/m0/s1. The summed E-state index contributed by atoms with van der Waals surface area (Å²) in [6, 6.07) is 3.86. The van der Waals surface area contributed by atoms with Gasteiger partial charge in [0.15, 0.2) is 0 Å². The number of ether oxygens (including phenoxy) is 1. The molecule has 1 aliphatic rings. The number of alkyl halides is 1. The highest BCUT2D eigenvalue weighted by Gasteiger charge is 2.33. The van der Waals surface area contributed by atoms with Gasteiger partial charge in [-0.15, -0.1) is 22.9 Å². The maximum atomic E-state index is 11.8. The number of unbranched alkanes of at least 4 members (excludes halogenated alkanes) is 5. The van der Waals surface area contributed by atoms with Crippen LogP contribution in [0.5, 0.6) is 0 Å². The van der Waals surface area contributed by atoms with E-state index in [1.54, 1.807) is 0 Å². The van der Waals surface area contributed by atoms with E-state index in [2.05, 4.69) is 6.92 Å². The van der Waals surface area contributed by atoms with Gasteiger partial charge in [0, 0.05) is 10.3 Å². The summed E-state index contributed by atoms with van der Waals surface area (Å²) in [6.45, 7) is 2.19. The third-order valence-electron chi connectivity index (χ3n) is 5.96. The third kappa shape index (κ3) is 8.04. The molecule has 0 aromatic carbocycles. The van der Waals surface area contributed by atoms with Crippen LogP contribution in [0.25, 0.3) is 0 Å². The lowest BCUT2D eigenvalue weighted by Gasteiger charge is -2.22. The lowest BCUT2D eigenvalue weighted by atomic mass is 9.86. The third-order valence-corrected chi connectivity index (χ3v) is 7.63. The van der Waals surface area contributed by atoms with Crippen LogP contribution in [0.2, 0.25) is 0 Å². The number of thiophene rings is 1. The van der Waals surface area contributed by atoms with E-state index in [0.29, 0.717) is 16.2 Å². The first-order chi connectivity index (χ1) is 13.7. The van der Waals surface area contributed by atoms with Gasteiger partial charge < -0.3 is 9.84 Å². The average molecular weight is 429 g/mol. The van der Waals surface area contributed by atoms with Gasteiger partial charge >= 0.3 is 5.97 Å². The summed E-state index contributed by atoms with van der Waals surface area (Å²) in [5.74, 6) is 1.13. The van der Waals surface area contributed by atoms with E-state index in [1.165, 1.54) is 80.4 Å². The smallest absolute Gasteiger partial charge is 0.348 e. The number of carbonyl (C=O) groups is 1. The molecule has 1 fully saturated rings. The van der Waals surface area contributed by atoms with Gasteiger partial charge in [0.05, 0.1) is 6.61 Å². The monoisotopic (exact) mass is 428 g/mol. The van der Waals surface area contributed by atoms with Crippen LogP contribution in [0, 0.1) is 11.8 Å². The fourth-order valence-corrected chi connectivity index (χ4v) is 5.80. The van der Waals surface area contributed by atoms with Crippen molar-refractivity contribution >= 4 is 28.9 Å². The Morgan fingerprint density at radius 3 is 2.71 bits per heavy atom. The molecule has 1 saturated carbocycles. The molecule has 28 heavy (non-hydrogen) atoms. The average Bonchev–Trinajstić information content (AvgIpc) is 3.30. The minimum atomic E-state index is -0.332. The Balaban J connectivity index is 1.68. The van der Waals surface area contributed by atoms with Crippen molar-refractivity contribution in [3.05, 3.63) is 21.9 Å². The van der Waals surface area contributed by atoms with Gasteiger partial charge in [0.25, 0.3) is 0 Å². The molecule has 1 heterocycles. The molecule has 3 atom stereocenters. The number of aliphatic hydroxyl groups excluding tert-OH is 1. The SMILES string of the molecule is CCCCCCCC[C@H]1CC[C@@H](Cl)[C@@H]1CCCc1ccc(C(=O)OCCO)s1. The number of halogens is 1. The normalized spacial score (nSPS) is 21.9. The summed E-state index contributed by atoms with van der Waals surface area (Å²) in [5, 5.41) is 9.09. The molecule has 2 rings (SSSR count). The van der Waals surface area contributed by atoms with E-state index in [4.69, 9.17) is 21.4 Å². The zero-order valence-electron chi connectivity index (χ0n) is 17.3. The van der Waals surface area contributed by atoms with Crippen LogP contribution in [0.4, 0.5) is 0 Å². The number of aliphatic hydroxyl groups is 1. The topological polar surface area (TPSA) is 46.5 Å². The van der Waals surface area contributed by atoms with Crippen molar-refractivity contribution in [1.29, 1.82) is 0 Å². The predicted octanol–water partition coefficient (Wildman–Crippen LogP) is 6.60. The quantitative estimate of drug-likeness (QED) is 0.206. The molecule has 5 heteroatoms. The molecule has 0 saturated heterocycles. The fourth-order valence-electron chi connectivity index (χ4n) is 4.40. The Labute approximate surface area is 179 Å². The molecule has 1 aromatic heterocycles. The van der Waals surface area contributed by atoms with Crippen molar-refractivity contribution in [1.82, 2.24) is 0 Å². The Morgan fingerprint density at radius 2 is 1.93 bits per heavy atom. The summed E-state index contributed by atoms with van der Waals surface area (Å²) >= 11 is 8.16. The fraction of sp³-hybridized carbons (Fsp3) is 0.783. The molecule has 0 amide bonds. The van der Waals surface area contributed by atoms with Crippen molar-refractivity contribution in [2.45, 2.75) is 89.4 Å². The molecule has 0 aliphatic heterocycles. The summed E-state index contributed by atoms with van der Waals surface area (Å²) in [7, 11) is 0. The first-order valence-electron chi connectivity index (χ1n) is 11.2. The molecular formula is C23H37ClO3S. The van der Waals surface area contributed by atoms with Gasteiger partial charge in [-0.25, -0.2) is 4.79 Å².